The van der Waals surface area contributed by atoms with E-state index in [1.54, 1.807) is 0 Å². The number of rotatable bonds is 6. The first-order valence-electron chi connectivity index (χ1n) is 11.0. The first-order chi connectivity index (χ1) is 15.2. The zero-order valence-corrected chi connectivity index (χ0v) is 17.8. The van der Waals surface area contributed by atoms with Crippen LogP contribution >= 0.6 is 0 Å². The van der Waals surface area contributed by atoms with Gasteiger partial charge in [0.2, 0.25) is 0 Å². The van der Waals surface area contributed by atoms with Crippen molar-refractivity contribution in [3.8, 4) is 5.75 Å². The molecule has 1 atom stereocenters. The Kier molecular flexibility index (Phi) is 5.30. The predicted molar refractivity (Wildman–Crippen MR) is 127 cm³/mol. The van der Waals surface area contributed by atoms with E-state index in [0.29, 0.717) is 0 Å². The fraction of sp³-hybridized carbons (Fsp3) is 0.280. The zero-order valence-electron chi connectivity index (χ0n) is 17.8. The van der Waals surface area contributed by atoms with Crippen LogP contribution in [0.1, 0.15) is 6.92 Å². The number of aromatic nitrogens is 1. The maximum Gasteiger partial charge on any atom is 0.279 e. The number of nitrogens with one attached hydrogen (secondary N) is 3. The summed E-state index contributed by atoms with van der Waals surface area (Å²) >= 11 is 0. The molecule has 2 aliphatic rings. The van der Waals surface area contributed by atoms with Crippen LogP contribution in [0.2, 0.25) is 0 Å². The fourth-order valence-corrected chi connectivity index (χ4v) is 4.21. The first-order valence-corrected chi connectivity index (χ1v) is 11.0. The molecule has 2 aromatic carbocycles. The Morgan fingerprint density at radius 2 is 1.84 bits per heavy atom. The lowest BCUT2D eigenvalue weighted by Crippen LogP contribution is -2.53. The summed E-state index contributed by atoms with van der Waals surface area (Å²) in [5, 5.41) is 7.98. The van der Waals surface area contributed by atoms with Gasteiger partial charge in [-0.3, -0.25) is 0 Å². The minimum Gasteiger partial charge on any atom is -0.446 e. The number of ether oxygens (including phenoxy) is 1. The molecule has 3 aromatic rings. The summed E-state index contributed by atoms with van der Waals surface area (Å²) in [4.78, 5) is 8.17. The Bertz CT molecular complexity index is 1080. The van der Waals surface area contributed by atoms with Crippen LogP contribution in [0.15, 0.2) is 79.2 Å². The number of benzene rings is 2. The van der Waals surface area contributed by atoms with Gasteiger partial charge in [-0.15, -0.1) is 0 Å². The molecule has 0 amide bonds. The molecular weight excluding hydrogens is 386 g/mol. The number of hydrogen-bond donors (Lipinski definition) is 3. The zero-order chi connectivity index (χ0) is 21.1. The van der Waals surface area contributed by atoms with Crippen LogP contribution in [0, 0.1) is 0 Å². The van der Waals surface area contributed by atoms with Crippen molar-refractivity contribution in [2.75, 3.05) is 42.9 Å². The average molecular weight is 416 g/mol. The molecule has 6 heteroatoms. The maximum atomic E-state index is 6.40. The van der Waals surface area contributed by atoms with E-state index in [1.165, 1.54) is 5.69 Å². The Labute approximate surface area is 183 Å². The fourth-order valence-electron chi connectivity index (χ4n) is 4.21. The second kappa shape index (κ2) is 8.40. The van der Waals surface area contributed by atoms with Crippen molar-refractivity contribution in [3.05, 3.63) is 79.2 Å². The molecule has 0 radical (unpaired) electrons. The molecule has 6 nitrogen and oxygen atoms in total. The summed E-state index contributed by atoms with van der Waals surface area (Å²) in [6.45, 7) is 7.76. The molecule has 31 heavy (non-hydrogen) atoms. The second-order valence-electron chi connectivity index (χ2n) is 8.02. The summed E-state index contributed by atoms with van der Waals surface area (Å²) < 4.78 is 6.40. The highest BCUT2D eigenvalue weighted by atomic mass is 16.5. The normalized spacial score (nSPS) is 21.3. The third-order valence-electron chi connectivity index (χ3n) is 6.02. The number of allylic oxidation sites excluding steroid dienone is 2. The molecule has 1 aromatic heterocycles. The van der Waals surface area contributed by atoms with E-state index in [0.717, 1.165) is 55.1 Å². The molecule has 3 N–H and O–H groups in total. The lowest BCUT2D eigenvalue weighted by Gasteiger charge is -2.36. The second-order valence-corrected chi connectivity index (χ2v) is 8.02. The van der Waals surface area contributed by atoms with E-state index in [-0.39, 0.29) is 0 Å². The summed E-state index contributed by atoms with van der Waals surface area (Å²) in [5.41, 5.74) is 3.35. The standard InChI is InChI=1S/C25H29N5O/c1-2-29-15-17-30(18-16-29)22-7-5-21(6-8-22)28-25(12-3-4-13-27-25)31-23-9-10-24-20(19-23)11-14-26-24/h3-14,19,26-28H,2,15-18H2,1H3. The molecule has 0 saturated carbocycles. The van der Waals surface area contributed by atoms with Crippen LogP contribution in [-0.4, -0.2) is 48.5 Å². The molecule has 160 valence electrons. The van der Waals surface area contributed by atoms with Gasteiger partial charge in [0.15, 0.2) is 0 Å². The minimum absolute atomic E-state index is 0.789. The molecular formula is C25H29N5O. The van der Waals surface area contributed by atoms with Gasteiger partial charge in [-0.1, -0.05) is 13.0 Å². The Balaban J connectivity index is 1.31. The van der Waals surface area contributed by atoms with Crippen LogP contribution in [0.25, 0.3) is 10.9 Å². The van der Waals surface area contributed by atoms with Gasteiger partial charge in [0.25, 0.3) is 5.85 Å². The van der Waals surface area contributed by atoms with Gasteiger partial charge in [-0.05, 0) is 61.2 Å². The van der Waals surface area contributed by atoms with Crippen LogP contribution < -0.4 is 20.3 Å². The van der Waals surface area contributed by atoms with Gasteiger partial charge >= 0.3 is 0 Å². The van der Waals surface area contributed by atoms with Crippen LogP contribution in [0.4, 0.5) is 11.4 Å². The summed E-state index contributed by atoms with van der Waals surface area (Å²) in [5.74, 6) is -0.0648. The Morgan fingerprint density at radius 1 is 1.00 bits per heavy atom. The number of nitrogens with zero attached hydrogens (tertiary/aromatic N) is 2. The Hall–Kier alpha value is -3.38. The van der Waals surface area contributed by atoms with E-state index in [2.05, 4.69) is 56.6 Å². The number of fused-ring (bicyclic) bond motifs is 1. The molecule has 1 unspecified atom stereocenters. The number of H-pyrrole nitrogens is 1. The van der Waals surface area contributed by atoms with Crippen molar-refractivity contribution in [1.29, 1.82) is 0 Å². The lowest BCUT2D eigenvalue weighted by molar-refractivity contribution is 0.126. The number of hydrogen-bond acceptors (Lipinski definition) is 5. The van der Waals surface area contributed by atoms with Crippen LogP contribution in [-0.2, 0) is 0 Å². The van der Waals surface area contributed by atoms with E-state index in [4.69, 9.17) is 4.74 Å². The minimum atomic E-state index is -0.854. The number of aromatic amines is 1. The third kappa shape index (κ3) is 4.25. The van der Waals surface area contributed by atoms with Gasteiger partial charge in [0.05, 0.1) is 0 Å². The van der Waals surface area contributed by atoms with Crippen molar-refractivity contribution in [1.82, 2.24) is 15.2 Å². The monoisotopic (exact) mass is 415 g/mol. The van der Waals surface area contributed by atoms with Gasteiger partial charge < -0.3 is 30.2 Å². The molecule has 0 bridgehead atoms. The first kappa shape index (κ1) is 19.6. The van der Waals surface area contributed by atoms with Crippen molar-refractivity contribution in [2.45, 2.75) is 12.8 Å². The van der Waals surface area contributed by atoms with E-state index >= 15 is 0 Å². The highest BCUT2D eigenvalue weighted by Crippen LogP contribution is 2.27. The number of piperazine rings is 1. The van der Waals surface area contributed by atoms with E-state index in [9.17, 15) is 0 Å². The van der Waals surface area contributed by atoms with Gasteiger partial charge in [-0.2, -0.15) is 0 Å². The lowest BCUT2D eigenvalue weighted by atomic mass is 10.2. The molecule has 3 heterocycles. The van der Waals surface area contributed by atoms with Crippen LogP contribution in [0.3, 0.4) is 0 Å². The van der Waals surface area contributed by atoms with Crippen molar-refractivity contribution in [2.24, 2.45) is 0 Å². The number of dihydropyridines is 1. The predicted octanol–water partition coefficient (Wildman–Crippen LogP) is 4.13. The summed E-state index contributed by atoms with van der Waals surface area (Å²) in [6.07, 6.45) is 9.76. The summed E-state index contributed by atoms with van der Waals surface area (Å²) in [7, 11) is 0. The summed E-state index contributed by atoms with van der Waals surface area (Å²) in [6, 6.07) is 16.7. The largest absolute Gasteiger partial charge is 0.446 e. The highest BCUT2D eigenvalue weighted by molar-refractivity contribution is 5.80. The molecule has 5 rings (SSSR count). The van der Waals surface area contributed by atoms with E-state index in [1.807, 2.05) is 54.9 Å². The quantitative estimate of drug-likeness (QED) is 0.529. The van der Waals surface area contributed by atoms with Gasteiger partial charge in [-0.25, -0.2) is 0 Å². The smallest absolute Gasteiger partial charge is 0.279 e. The van der Waals surface area contributed by atoms with E-state index < -0.39 is 5.85 Å². The number of anilines is 2. The Morgan fingerprint density at radius 3 is 2.58 bits per heavy atom. The molecule has 0 spiro atoms. The number of likely N-dealkylation sites (N-methyl/N-ethyl adjacent to an activating group) is 1. The molecule has 1 fully saturated rings. The molecule has 1 saturated heterocycles. The third-order valence-corrected chi connectivity index (χ3v) is 6.02. The topological polar surface area (TPSA) is 55.6 Å². The highest BCUT2D eigenvalue weighted by Gasteiger charge is 2.29. The van der Waals surface area contributed by atoms with Crippen molar-refractivity contribution in [3.63, 3.8) is 0 Å². The SMILES string of the molecule is CCN1CCN(c2ccc(NC3(Oc4ccc5[nH]ccc5c4)C=CC=CN3)cc2)CC1. The maximum absolute atomic E-state index is 6.40. The van der Waals surface area contributed by atoms with Gasteiger partial charge in [0.1, 0.15) is 5.75 Å². The van der Waals surface area contributed by atoms with Crippen molar-refractivity contribution < 1.29 is 4.74 Å². The molecule has 0 aliphatic carbocycles. The van der Waals surface area contributed by atoms with Crippen LogP contribution in [0.5, 0.6) is 5.75 Å². The average Bonchev–Trinajstić information content (AvgIpc) is 3.28. The molecule has 2 aliphatic heterocycles. The van der Waals surface area contributed by atoms with Crippen molar-refractivity contribution >= 4 is 22.3 Å². The van der Waals surface area contributed by atoms with Gasteiger partial charge in [0, 0.05) is 66.9 Å².